The molecular weight excluding hydrogens is 428 g/mol. The number of sulfonamides is 2. The molecule has 3 rings (SSSR count). The zero-order valence-electron chi connectivity index (χ0n) is 17.2. The fourth-order valence-electron chi connectivity index (χ4n) is 3.39. The van der Waals surface area contributed by atoms with E-state index in [0.717, 1.165) is 11.6 Å². The summed E-state index contributed by atoms with van der Waals surface area (Å²) in [5.41, 5.74) is 0.0695. The van der Waals surface area contributed by atoms with Gasteiger partial charge in [0.1, 0.15) is 10.6 Å². The Morgan fingerprint density at radius 3 is 2.40 bits per heavy atom. The maximum Gasteiger partial charge on any atom is 0.265 e. The first-order valence-electron chi connectivity index (χ1n) is 9.29. The molecule has 1 fully saturated rings. The summed E-state index contributed by atoms with van der Waals surface area (Å²) < 4.78 is 59.9. The Morgan fingerprint density at radius 2 is 1.83 bits per heavy atom. The normalized spacial score (nSPS) is 17.7. The number of nitrogens with zero attached hydrogens (tertiary/aromatic N) is 1. The van der Waals surface area contributed by atoms with Crippen LogP contribution in [0.1, 0.15) is 26.3 Å². The van der Waals surface area contributed by atoms with Gasteiger partial charge in [-0.2, -0.15) is 0 Å². The predicted octanol–water partition coefficient (Wildman–Crippen LogP) is 2.76. The number of carbonyl (C=O) groups is 1. The molecule has 1 aliphatic heterocycles. The highest BCUT2D eigenvalue weighted by molar-refractivity contribution is 7.94. The van der Waals surface area contributed by atoms with Crippen LogP contribution < -0.4 is 13.8 Å². The summed E-state index contributed by atoms with van der Waals surface area (Å²) in [6.07, 6.45) is 0.617. The molecule has 0 aliphatic carbocycles. The number of hydrogen-bond donors (Lipinski definition) is 1. The van der Waals surface area contributed by atoms with Crippen LogP contribution in [0, 0.1) is 5.41 Å². The first-order valence-corrected chi connectivity index (χ1v) is 12.4. The van der Waals surface area contributed by atoms with Gasteiger partial charge in [0.15, 0.2) is 0 Å². The lowest BCUT2D eigenvalue weighted by Crippen LogP contribution is -2.33. The average molecular weight is 453 g/mol. The lowest BCUT2D eigenvalue weighted by atomic mass is 9.95. The Balaban J connectivity index is 2.11. The number of benzene rings is 2. The number of amides is 1. The zero-order chi connectivity index (χ0) is 22.3. The second kappa shape index (κ2) is 7.59. The number of para-hydroxylation sites is 1. The van der Waals surface area contributed by atoms with Crippen LogP contribution in [0.5, 0.6) is 5.75 Å². The maximum absolute atomic E-state index is 13.1. The van der Waals surface area contributed by atoms with Gasteiger partial charge in [0, 0.05) is 0 Å². The molecule has 1 N–H and O–H groups in total. The van der Waals surface area contributed by atoms with E-state index in [9.17, 15) is 21.6 Å². The minimum Gasteiger partial charge on any atom is -0.495 e. The van der Waals surface area contributed by atoms with Gasteiger partial charge in [-0.25, -0.2) is 21.1 Å². The standard InChI is InChI=1S/C20H24N2O6S2/c1-5-14-8-6-7-9-16(14)21-30(26,27)18-12-15(10-11-17(18)28-4)22-19(23)20(2,3)13-29(22,24)25/h6-12,21H,5,13H2,1-4H3. The zero-order valence-corrected chi connectivity index (χ0v) is 18.8. The molecule has 1 amide bonds. The minimum absolute atomic E-state index is 0.0310. The summed E-state index contributed by atoms with van der Waals surface area (Å²) in [7, 11) is -6.74. The number of hydrogen-bond acceptors (Lipinski definition) is 6. The van der Waals surface area contributed by atoms with E-state index >= 15 is 0 Å². The molecule has 2 aromatic rings. The van der Waals surface area contributed by atoms with Crippen molar-refractivity contribution in [2.24, 2.45) is 5.41 Å². The van der Waals surface area contributed by atoms with Gasteiger partial charge in [0.25, 0.3) is 10.0 Å². The van der Waals surface area contributed by atoms with Crippen LogP contribution >= 0.6 is 0 Å². The van der Waals surface area contributed by atoms with E-state index in [1.54, 1.807) is 12.1 Å². The summed E-state index contributed by atoms with van der Waals surface area (Å²) in [4.78, 5) is 12.4. The van der Waals surface area contributed by atoms with Crippen molar-refractivity contribution in [2.45, 2.75) is 32.1 Å². The molecule has 1 aliphatic rings. The minimum atomic E-state index is -4.13. The van der Waals surface area contributed by atoms with E-state index in [1.807, 2.05) is 19.1 Å². The van der Waals surface area contributed by atoms with Gasteiger partial charge in [0.2, 0.25) is 15.9 Å². The van der Waals surface area contributed by atoms with E-state index < -0.39 is 31.4 Å². The molecule has 1 saturated heterocycles. The number of anilines is 2. The maximum atomic E-state index is 13.1. The second-order valence-corrected chi connectivity index (χ2v) is 11.1. The van der Waals surface area contributed by atoms with Crippen LogP contribution in [0.4, 0.5) is 11.4 Å². The number of ether oxygens (including phenoxy) is 1. The molecule has 162 valence electrons. The molecule has 0 unspecified atom stereocenters. The predicted molar refractivity (Wildman–Crippen MR) is 115 cm³/mol. The number of nitrogens with one attached hydrogen (secondary N) is 1. The summed E-state index contributed by atoms with van der Waals surface area (Å²) in [6, 6.07) is 10.8. The van der Waals surface area contributed by atoms with Crippen LogP contribution in [0.3, 0.4) is 0 Å². The molecular formula is C20H24N2O6S2. The first kappa shape index (κ1) is 22.1. The van der Waals surface area contributed by atoms with Crippen LogP contribution in [0.25, 0.3) is 0 Å². The smallest absolute Gasteiger partial charge is 0.265 e. The van der Waals surface area contributed by atoms with Gasteiger partial charge in [-0.1, -0.05) is 25.1 Å². The molecule has 0 saturated carbocycles. The van der Waals surface area contributed by atoms with Gasteiger partial charge in [-0.05, 0) is 50.1 Å². The molecule has 0 bridgehead atoms. The Kier molecular flexibility index (Phi) is 5.59. The molecule has 2 aromatic carbocycles. The number of methoxy groups -OCH3 is 1. The van der Waals surface area contributed by atoms with Crippen molar-refractivity contribution in [3.05, 3.63) is 48.0 Å². The third kappa shape index (κ3) is 3.89. The van der Waals surface area contributed by atoms with Crippen molar-refractivity contribution < 1.29 is 26.4 Å². The second-order valence-electron chi connectivity index (χ2n) is 7.66. The van der Waals surface area contributed by atoms with Crippen molar-refractivity contribution in [3.63, 3.8) is 0 Å². The van der Waals surface area contributed by atoms with E-state index in [2.05, 4.69) is 4.72 Å². The molecule has 0 atom stereocenters. The fourth-order valence-corrected chi connectivity index (χ4v) is 6.78. The van der Waals surface area contributed by atoms with Crippen LogP contribution in [0.2, 0.25) is 0 Å². The third-order valence-electron chi connectivity index (χ3n) is 4.90. The first-order chi connectivity index (χ1) is 13.9. The third-order valence-corrected chi connectivity index (χ3v) is 8.30. The van der Waals surface area contributed by atoms with Gasteiger partial charge >= 0.3 is 0 Å². The molecule has 0 spiro atoms. The number of aryl methyl sites for hydroxylation is 1. The summed E-state index contributed by atoms with van der Waals surface area (Å²) >= 11 is 0. The lowest BCUT2D eigenvalue weighted by molar-refractivity contribution is -0.123. The number of carbonyl (C=O) groups excluding carboxylic acids is 1. The SMILES string of the molecule is CCc1ccccc1NS(=O)(=O)c1cc(N2C(=O)C(C)(C)CS2(=O)=O)ccc1OC. The van der Waals surface area contributed by atoms with Gasteiger partial charge in [0.05, 0.1) is 29.7 Å². The Labute approximate surface area is 177 Å². The van der Waals surface area contributed by atoms with Gasteiger partial charge in [-0.15, -0.1) is 0 Å². The lowest BCUT2D eigenvalue weighted by Gasteiger charge is -2.20. The molecule has 1 heterocycles. The Morgan fingerprint density at radius 1 is 1.17 bits per heavy atom. The van der Waals surface area contributed by atoms with E-state index in [1.165, 1.54) is 33.1 Å². The molecule has 0 radical (unpaired) electrons. The van der Waals surface area contributed by atoms with Crippen LogP contribution in [-0.4, -0.2) is 35.6 Å². The molecule has 8 nitrogen and oxygen atoms in total. The van der Waals surface area contributed by atoms with Crippen LogP contribution in [0.15, 0.2) is 47.4 Å². The summed E-state index contributed by atoms with van der Waals surface area (Å²) in [5.74, 6) is -0.932. The van der Waals surface area contributed by atoms with Crippen molar-refractivity contribution in [1.82, 2.24) is 0 Å². The fraction of sp³-hybridized carbons (Fsp3) is 0.350. The molecule has 30 heavy (non-hydrogen) atoms. The highest BCUT2D eigenvalue weighted by Crippen LogP contribution is 2.38. The molecule has 0 aromatic heterocycles. The monoisotopic (exact) mass is 452 g/mol. The van der Waals surface area contributed by atoms with Crippen LogP contribution in [-0.2, 0) is 31.3 Å². The van der Waals surface area contributed by atoms with Gasteiger partial charge in [-0.3, -0.25) is 9.52 Å². The Bertz CT molecular complexity index is 1200. The quantitative estimate of drug-likeness (QED) is 0.722. The van der Waals surface area contributed by atoms with Gasteiger partial charge < -0.3 is 4.74 Å². The van der Waals surface area contributed by atoms with E-state index in [0.29, 0.717) is 16.4 Å². The Hall–Kier alpha value is -2.59. The molecule has 10 heteroatoms. The highest BCUT2D eigenvalue weighted by atomic mass is 32.2. The summed E-state index contributed by atoms with van der Waals surface area (Å²) in [6.45, 7) is 4.98. The summed E-state index contributed by atoms with van der Waals surface area (Å²) in [5, 5.41) is 0. The largest absolute Gasteiger partial charge is 0.495 e. The van der Waals surface area contributed by atoms with E-state index in [-0.39, 0.29) is 22.1 Å². The van der Waals surface area contributed by atoms with Crippen molar-refractivity contribution >= 4 is 37.3 Å². The topological polar surface area (TPSA) is 110 Å². The van der Waals surface area contributed by atoms with E-state index in [4.69, 9.17) is 4.74 Å². The average Bonchev–Trinajstić information content (AvgIpc) is 2.83. The number of rotatable bonds is 6. The van der Waals surface area contributed by atoms with Crippen molar-refractivity contribution in [2.75, 3.05) is 21.9 Å². The van der Waals surface area contributed by atoms with Crippen molar-refractivity contribution in [1.29, 1.82) is 0 Å². The highest BCUT2D eigenvalue weighted by Gasteiger charge is 2.50. The van der Waals surface area contributed by atoms with Crippen molar-refractivity contribution in [3.8, 4) is 5.75 Å².